The van der Waals surface area contributed by atoms with Crippen LogP contribution in [0.25, 0.3) is 0 Å². The van der Waals surface area contributed by atoms with E-state index in [-0.39, 0.29) is 5.60 Å². The first-order valence-corrected chi connectivity index (χ1v) is 6.74. The molecule has 1 unspecified atom stereocenters. The van der Waals surface area contributed by atoms with Crippen LogP contribution in [0.4, 0.5) is 0 Å². The van der Waals surface area contributed by atoms with Crippen molar-refractivity contribution < 1.29 is 9.47 Å². The number of rotatable bonds is 7. The molecule has 0 bridgehead atoms. The number of hydrogen-bond donors (Lipinski definition) is 1. The number of likely N-dealkylation sites (N-methyl/N-ethyl adjacent to an activating group) is 1. The maximum absolute atomic E-state index is 6.10. The molecule has 1 aliphatic rings. The van der Waals surface area contributed by atoms with E-state index >= 15 is 0 Å². The lowest BCUT2D eigenvalue weighted by atomic mass is 9.83. The standard InChI is InChI=1S/C13H27NO2/c1-4-7-12(14-5-2)13(16-6-3)8-10-15-11-9-13/h12,14H,4-11H2,1-3H3. The van der Waals surface area contributed by atoms with Crippen LogP contribution in [0.2, 0.25) is 0 Å². The average molecular weight is 229 g/mol. The lowest BCUT2D eigenvalue weighted by molar-refractivity contribution is -0.127. The molecule has 1 heterocycles. The first-order chi connectivity index (χ1) is 7.79. The Bertz CT molecular complexity index is 167. The molecule has 1 fully saturated rings. The second-order valence-corrected chi connectivity index (χ2v) is 4.51. The van der Waals surface area contributed by atoms with Crippen molar-refractivity contribution >= 4 is 0 Å². The summed E-state index contributed by atoms with van der Waals surface area (Å²) in [6.45, 7) is 9.99. The maximum atomic E-state index is 6.10. The van der Waals surface area contributed by atoms with Gasteiger partial charge in [-0.2, -0.15) is 0 Å². The third-order valence-corrected chi connectivity index (χ3v) is 3.43. The van der Waals surface area contributed by atoms with Gasteiger partial charge in [0.25, 0.3) is 0 Å². The molecule has 0 amide bonds. The van der Waals surface area contributed by atoms with Crippen LogP contribution in [0.3, 0.4) is 0 Å². The Balaban J connectivity index is 2.69. The van der Waals surface area contributed by atoms with Crippen LogP contribution in [0.1, 0.15) is 46.5 Å². The Morgan fingerprint density at radius 2 is 1.94 bits per heavy atom. The molecule has 1 N–H and O–H groups in total. The summed E-state index contributed by atoms with van der Waals surface area (Å²) in [4.78, 5) is 0. The Hall–Kier alpha value is -0.120. The Kier molecular flexibility index (Phi) is 6.32. The summed E-state index contributed by atoms with van der Waals surface area (Å²) in [5, 5.41) is 3.60. The smallest absolute Gasteiger partial charge is 0.0878 e. The summed E-state index contributed by atoms with van der Waals surface area (Å²) < 4.78 is 11.6. The molecular weight excluding hydrogens is 202 g/mol. The highest BCUT2D eigenvalue weighted by Crippen LogP contribution is 2.31. The van der Waals surface area contributed by atoms with Crippen molar-refractivity contribution in [3.05, 3.63) is 0 Å². The summed E-state index contributed by atoms with van der Waals surface area (Å²) in [6.07, 6.45) is 4.44. The Morgan fingerprint density at radius 3 is 2.44 bits per heavy atom. The zero-order valence-corrected chi connectivity index (χ0v) is 11.1. The molecule has 3 nitrogen and oxygen atoms in total. The van der Waals surface area contributed by atoms with Gasteiger partial charge in [0.15, 0.2) is 0 Å². The minimum absolute atomic E-state index is 0.0129. The fourth-order valence-electron chi connectivity index (χ4n) is 2.68. The van der Waals surface area contributed by atoms with E-state index in [0.29, 0.717) is 6.04 Å². The molecule has 0 aliphatic carbocycles. The maximum Gasteiger partial charge on any atom is 0.0878 e. The second-order valence-electron chi connectivity index (χ2n) is 4.51. The quantitative estimate of drug-likeness (QED) is 0.727. The van der Waals surface area contributed by atoms with E-state index in [1.54, 1.807) is 0 Å². The van der Waals surface area contributed by atoms with E-state index in [1.165, 1.54) is 12.8 Å². The van der Waals surface area contributed by atoms with Crippen molar-refractivity contribution in [3.8, 4) is 0 Å². The van der Waals surface area contributed by atoms with Crippen molar-refractivity contribution in [1.82, 2.24) is 5.32 Å². The van der Waals surface area contributed by atoms with Crippen LogP contribution < -0.4 is 5.32 Å². The fourth-order valence-corrected chi connectivity index (χ4v) is 2.68. The summed E-state index contributed by atoms with van der Waals surface area (Å²) in [6, 6.07) is 0.478. The van der Waals surface area contributed by atoms with Crippen molar-refractivity contribution in [1.29, 1.82) is 0 Å². The third kappa shape index (κ3) is 3.44. The van der Waals surface area contributed by atoms with Gasteiger partial charge in [0, 0.05) is 38.7 Å². The highest BCUT2D eigenvalue weighted by atomic mass is 16.5. The van der Waals surface area contributed by atoms with Gasteiger partial charge in [0.05, 0.1) is 5.60 Å². The van der Waals surface area contributed by atoms with Crippen LogP contribution in [-0.2, 0) is 9.47 Å². The largest absolute Gasteiger partial charge is 0.381 e. The monoisotopic (exact) mass is 229 g/mol. The molecule has 0 radical (unpaired) electrons. The molecule has 16 heavy (non-hydrogen) atoms. The van der Waals surface area contributed by atoms with Gasteiger partial charge < -0.3 is 14.8 Å². The van der Waals surface area contributed by atoms with Gasteiger partial charge in [0.2, 0.25) is 0 Å². The Morgan fingerprint density at radius 1 is 1.25 bits per heavy atom. The zero-order valence-electron chi connectivity index (χ0n) is 11.1. The number of hydrogen-bond acceptors (Lipinski definition) is 3. The fraction of sp³-hybridized carbons (Fsp3) is 1.00. The van der Waals surface area contributed by atoms with Crippen LogP contribution >= 0.6 is 0 Å². The third-order valence-electron chi connectivity index (χ3n) is 3.43. The first-order valence-electron chi connectivity index (χ1n) is 6.74. The van der Waals surface area contributed by atoms with Crippen LogP contribution in [0, 0.1) is 0 Å². The predicted molar refractivity (Wildman–Crippen MR) is 66.8 cm³/mol. The molecule has 0 spiro atoms. The van der Waals surface area contributed by atoms with Crippen LogP contribution in [0.5, 0.6) is 0 Å². The van der Waals surface area contributed by atoms with Crippen molar-refractivity contribution in [2.75, 3.05) is 26.4 Å². The minimum Gasteiger partial charge on any atom is -0.381 e. The zero-order chi connectivity index (χ0) is 11.9. The van der Waals surface area contributed by atoms with Gasteiger partial charge in [-0.1, -0.05) is 20.3 Å². The summed E-state index contributed by atoms with van der Waals surface area (Å²) in [5.74, 6) is 0. The summed E-state index contributed by atoms with van der Waals surface area (Å²) in [7, 11) is 0. The molecular formula is C13H27NO2. The van der Waals surface area contributed by atoms with Gasteiger partial charge in [-0.3, -0.25) is 0 Å². The molecule has 3 heteroatoms. The van der Waals surface area contributed by atoms with E-state index < -0.39 is 0 Å². The lowest BCUT2D eigenvalue weighted by Gasteiger charge is -2.43. The van der Waals surface area contributed by atoms with Crippen LogP contribution in [0.15, 0.2) is 0 Å². The van der Waals surface area contributed by atoms with E-state index in [1.807, 2.05) is 0 Å². The normalized spacial score (nSPS) is 21.9. The van der Waals surface area contributed by atoms with Crippen LogP contribution in [-0.4, -0.2) is 38.0 Å². The molecule has 0 aromatic carbocycles. The van der Waals surface area contributed by atoms with E-state index in [2.05, 4.69) is 26.1 Å². The van der Waals surface area contributed by atoms with Crippen molar-refractivity contribution in [3.63, 3.8) is 0 Å². The molecule has 1 atom stereocenters. The van der Waals surface area contributed by atoms with E-state index in [0.717, 1.165) is 39.2 Å². The van der Waals surface area contributed by atoms with Crippen molar-refractivity contribution in [2.45, 2.75) is 58.1 Å². The Labute approximate surface area is 99.9 Å². The number of nitrogens with one attached hydrogen (secondary N) is 1. The molecule has 1 aliphatic heterocycles. The van der Waals surface area contributed by atoms with Gasteiger partial charge in [0.1, 0.15) is 0 Å². The molecule has 1 saturated heterocycles. The predicted octanol–water partition coefficient (Wildman–Crippen LogP) is 2.35. The van der Waals surface area contributed by atoms with Gasteiger partial charge in [-0.25, -0.2) is 0 Å². The summed E-state index contributed by atoms with van der Waals surface area (Å²) in [5.41, 5.74) is 0.0129. The SMILES string of the molecule is CCCC(NCC)C1(OCC)CCOCC1. The second kappa shape index (κ2) is 7.25. The molecule has 0 saturated carbocycles. The first kappa shape index (κ1) is 13.9. The number of ether oxygens (including phenoxy) is 2. The average Bonchev–Trinajstić information content (AvgIpc) is 2.30. The van der Waals surface area contributed by atoms with E-state index in [9.17, 15) is 0 Å². The van der Waals surface area contributed by atoms with Gasteiger partial charge in [-0.15, -0.1) is 0 Å². The molecule has 0 aromatic rings. The van der Waals surface area contributed by atoms with Gasteiger partial charge in [-0.05, 0) is 19.9 Å². The van der Waals surface area contributed by atoms with Crippen molar-refractivity contribution in [2.24, 2.45) is 0 Å². The molecule has 0 aromatic heterocycles. The molecule has 1 rings (SSSR count). The highest BCUT2D eigenvalue weighted by molar-refractivity contribution is 4.94. The molecule has 96 valence electrons. The highest BCUT2D eigenvalue weighted by Gasteiger charge is 2.40. The summed E-state index contributed by atoms with van der Waals surface area (Å²) >= 11 is 0. The minimum atomic E-state index is 0.0129. The van der Waals surface area contributed by atoms with E-state index in [4.69, 9.17) is 9.47 Å². The lowest BCUT2D eigenvalue weighted by Crippen LogP contribution is -2.55. The van der Waals surface area contributed by atoms with Gasteiger partial charge >= 0.3 is 0 Å². The topological polar surface area (TPSA) is 30.5 Å².